The van der Waals surface area contributed by atoms with Gasteiger partial charge in [-0.1, -0.05) is 24.3 Å². The third kappa shape index (κ3) is 2.76. The molecule has 1 aliphatic carbocycles. The van der Waals surface area contributed by atoms with Crippen molar-refractivity contribution in [1.82, 2.24) is 5.32 Å². The molecule has 3 N–H and O–H groups in total. The Balaban J connectivity index is 1.41. The zero-order chi connectivity index (χ0) is 16.5. The van der Waals surface area contributed by atoms with Crippen LogP contribution in [0.3, 0.4) is 0 Å². The van der Waals surface area contributed by atoms with Gasteiger partial charge in [0.05, 0.1) is 12.1 Å². The van der Waals surface area contributed by atoms with E-state index in [1.807, 2.05) is 24.3 Å². The van der Waals surface area contributed by atoms with Gasteiger partial charge in [-0.3, -0.25) is 0 Å². The first-order chi connectivity index (χ1) is 11.7. The van der Waals surface area contributed by atoms with Crippen molar-refractivity contribution in [3.63, 3.8) is 0 Å². The second kappa shape index (κ2) is 6.05. The van der Waals surface area contributed by atoms with Gasteiger partial charge in [-0.2, -0.15) is 0 Å². The Morgan fingerprint density at radius 3 is 2.71 bits per heavy atom. The molecular weight excluding hydrogens is 308 g/mol. The summed E-state index contributed by atoms with van der Waals surface area (Å²) < 4.78 is 11.0. The third-order valence-corrected chi connectivity index (χ3v) is 4.31. The average molecular weight is 326 g/mol. The molecule has 2 aliphatic rings. The monoisotopic (exact) mass is 326 g/mol. The lowest BCUT2D eigenvalue weighted by molar-refractivity contribution is 0.145. The third-order valence-electron chi connectivity index (χ3n) is 4.31. The maximum atomic E-state index is 12.2. The number of fused-ring (bicyclic) bond motifs is 2. The molecule has 4 rings (SSSR count). The fourth-order valence-corrected chi connectivity index (χ4v) is 3.16. The highest BCUT2D eigenvalue weighted by atomic mass is 16.6. The van der Waals surface area contributed by atoms with Gasteiger partial charge in [-0.15, -0.1) is 0 Å². The van der Waals surface area contributed by atoms with Crippen LogP contribution >= 0.6 is 0 Å². The first-order valence-corrected chi connectivity index (χ1v) is 7.94. The first kappa shape index (κ1) is 14.8. The fourth-order valence-electron chi connectivity index (χ4n) is 3.16. The number of urea groups is 1. The Hall–Kier alpha value is -2.73. The van der Waals surface area contributed by atoms with Gasteiger partial charge < -0.3 is 25.2 Å². The molecule has 0 spiro atoms. The van der Waals surface area contributed by atoms with E-state index in [1.54, 1.807) is 18.2 Å². The highest BCUT2D eigenvalue weighted by molar-refractivity contribution is 5.90. The Bertz CT molecular complexity index is 777. The Kier molecular flexibility index (Phi) is 3.74. The van der Waals surface area contributed by atoms with E-state index in [9.17, 15) is 9.90 Å². The van der Waals surface area contributed by atoms with Crippen LogP contribution < -0.4 is 20.1 Å². The van der Waals surface area contributed by atoms with Crippen molar-refractivity contribution >= 4 is 11.7 Å². The highest BCUT2D eigenvalue weighted by Gasteiger charge is 2.31. The predicted molar refractivity (Wildman–Crippen MR) is 88.5 cm³/mol. The summed E-state index contributed by atoms with van der Waals surface area (Å²) in [4.78, 5) is 12.2. The van der Waals surface area contributed by atoms with Crippen molar-refractivity contribution in [2.45, 2.75) is 18.6 Å². The molecular formula is C18H18N2O4. The molecule has 0 radical (unpaired) electrons. The van der Waals surface area contributed by atoms with Gasteiger partial charge in [0.15, 0.2) is 11.5 Å². The van der Waals surface area contributed by atoms with Crippen molar-refractivity contribution in [2.24, 2.45) is 0 Å². The van der Waals surface area contributed by atoms with Crippen LogP contribution in [0.5, 0.6) is 11.5 Å². The number of aliphatic hydroxyl groups excluding tert-OH is 1. The van der Waals surface area contributed by atoms with Crippen molar-refractivity contribution in [2.75, 3.05) is 18.5 Å². The molecule has 1 aliphatic heterocycles. The molecule has 0 saturated heterocycles. The zero-order valence-electron chi connectivity index (χ0n) is 13.0. The summed E-state index contributed by atoms with van der Waals surface area (Å²) in [6.07, 6.45) is -0.0708. The van der Waals surface area contributed by atoms with E-state index in [-0.39, 0.29) is 12.1 Å². The lowest BCUT2D eigenvalue weighted by Crippen LogP contribution is -2.40. The predicted octanol–water partition coefficient (Wildman–Crippen LogP) is 2.24. The summed E-state index contributed by atoms with van der Waals surface area (Å²) in [6.45, 7) is 1.02. The molecule has 6 heteroatoms. The van der Waals surface area contributed by atoms with Gasteiger partial charge in [-0.05, 0) is 29.7 Å². The number of hydrogen-bond acceptors (Lipinski definition) is 4. The fraction of sp³-hybridized carbons (Fsp3) is 0.278. The van der Waals surface area contributed by atoms with Gasteiger partial charge in [0.25, 0.3) is 0 Å². The summed E-state index contributed by atoms with van der Waals surface area (Å²) in [5.74, 6) is 1.29. The molecule has 0 aromatic heterocycles. The summed E-state index contributed by atoms with van der Waals surface area (Å²) in [6, 6.07) is 12.2. The van der Waals surface area contributed by atoms with E-state index in [0.717, 1.165) is 11.1 Å². The molecule has 2 atom stereocenters. The van der Waals surface area contributed by atoms with E-state index < -0.39 is 6.10 Å². The molecule has 124 valence electrons. The Morgan fingerprint density at radius 1 is 1.08 bits per heavy atom. The van der Waals surface area contributed by atoms with Gasteiger partial charge in [-0.25, -0.2) is 4.79 Å². The number of amides is 2. The minimum absolute atomic E-state index is 0.334. The van der Waals surface area contributed by atoms with Crippen molar-refractivity contribution in [3.05, 3.63) is 53.6 Å². The summed E-state index contributed by atoms with van der Waals surface area (Å²) in [7, 11) is 0. The number of carbonyl (C=O) groups excluding carboxylic acids is 1. The first-order valence-electron chi connectivity index (χ1n) is 7.94. The maximum Gasteiger partial charge on any atom is 0.319 e. The van der Waals surface area contributed by atoms with Crippen LogP contribution in [0.1, 0.15) is 17.2 Å². The number of benzene rings is 2. The molecule has 24 heavy (non-hydrogen) atoms. The second-order valence-electron chi connectivity index (χ2n) is 5.91. The molecule has 2 aromatic rings. The van der Waals surface area contributed by atoms with Gasteiger partial charge in [0.1, 0.15) is 13.2 Å². The maximum absolute atomic E-state index is 12.2. The van der Waals surface area contributed by atoms with Crippen LogP contribution in [-0.4, -0.2) is 30.4 Å². The minimum atomic E-state index is -0.688. The van der Waals surface area contributed by atoms with E-state index in [2.05, 4.69) is 10.6 Å². The number of nitrogens with one attached hydrogen (secondary N) is 2. The average Bonchev–Trinajstić information content (AvgIpc) is 2.91. The lowest BCUT2D eigenvalue weighted by atomic mass is 10.1. The number of carbonyl (C=O) groups is 1. The molecule has 0 unspecified atom stereocenters. The SMILES string of the molecule is O=C(Nc1ccc2c(c1)OCCO2)N[C@H]1Cc2ccccc2[C@H]1O. The standard InChI is InChI=1S/C18H18N2O4/c21-17-13-4-2-1-3-11(13)9-14(17)20-18(22)19-12-5-6-15-16(10-12)24-8-7-23-15/h1-6,10,14,17,21H,7-9H2,(H2,19,20,22)/t14-,17+/m0/s1. The summed E-state index contributed by atoms with van der Waals surface area (Å²) in [5.41, 5.74) is 2.55. The van der Waals surface area contributed by atoms with Crippen molar-refractivity contribution < 1.29 is 19.4 Å². The summed E-state index contributed by atoms with van der Waals surface area (Å²) in [5, 5.41) is 15.9. The van der Waals surface area contributed by atoms with E-state index >= 15 is 0 Å². The smallest absolute Gasteiger partial charge is 0.319 e. The molecule has 6 nitrogen and oxygen atoms in total. The molecule has 2 amide bonds. The number of rotatable bonds is 2. The molecule has 2 aromatic carbocycles. The normalized spacial score (nSPS) is 21.0. The number of ether oxygens (including phenoxy) is 2. The van der Waals surface area contributed by atoms with Crippen LogP contribution in [0.2, 0.25) is 0 Å². The van der Waals surface area contributed by atoms with Crippen LogP contribution in [0, 0.1) is 0 Å². The van der Waals surface area contributed by atoms with Crippen LogP contribution in [-0.2, 0) is 6.42 Å². The largest absolute Gasteiger partial charge is 0.486 e. The molecule has 0 fully saturated rings. The van der Waals surface area contributed by atoms with E-state index in [1.165, 1.54) is 0 Å². The van der Waals surface area contributed by atoms with Crippen molar-refractivity contribution in [1.29, 1.82) is 0 Å². The minimum Gasteiger partial charge on any atom is -0.486 e. The molecule has 1 heterocycles. The van der Waals surface area contributed by atoms with E-state index in [4.69, 9.17) is 9.47 Å². The van der Waals surface area contributed by atoms with Crippen molar-refractivity contribution in [3.8, 4) is 11.5 Å². The topological polar surface area (TPSA) is 79.8 Å². The Labute approximate surface area is 139 Å². The summed E-state index contributed by atoms with van der Waals surface area (Å²) >= 11 is 0. The highest BCUT2D eigenvalue weighted by Crippen LogP contribution is 2.33. The number of anilines is 1. The number of hydrogen-bond donors (Lipinski definition) is 3. The van der Waals surface area contributed by atoms with E-state index in [0.29, 0.717) is 36.8 Å². The molecule has 0 bridgehead atoms. The quantitative estimate of drug-likeness (QED) is 0.791. The molecule has 0 saturated carbocycles. The second-order valence-corrected chi connectivity index (χ2v) is 5.91. The Morgan fingerprint density at radius 2 is 1.88 bits per heavy atom. The van der Waals surface area contributed by atoms with Crippen LogP contribution in [0.15, 0.2) is 42.5 Å². The van der Waals surface area contributed by atoms with Crippen LogP contribution in [0.25, 0.3) is 0 Å². The number of aliphatic hydroxyl groups is 1. The van der Waals surface area contributed by atoms with Gasteiger partial charge in [0.2, 0.25) is 0 Å². The zero-order valence-corrected chi connectivity index (χ0v) is 13.0. The van der Waals surface area contributed by atoms with Gasteiger partial charge >= 0.3 is 6.03 Å². The lowest BCUT2D eigenvalue weighted by Gasteiger charge is -2.20. The van der Waals surface area contributed by atoms with Crippen LogP contribution in [0.4, 0.5) is 10.5 Å². The van der Waals surface area contributed by atoms with Gasteiger partial charge in [0, 0.05) is 11.8 Å².